The van der Waals surface area contributed by atoms with Crippen LogP contribution >= 0.6 is 12.6 Å². The summed E-state index contributed by atoms with van der Waals surface area (Å²) in [6.45, 7) is 7.78. The van der Waals surface area contributed by atoms with E-state index in [-0.39, 0.29) is 0 Å². The van der Waals surface area contributed by atoms with Gasteiger partial charge >= 0.3 is 0 Å². The number of hydrogen-bond acceptors (Lipinski definition) is 2. The van der Waals surface area contributed by atoms with Crippen molar-refractivity contribution in [2.24, 2.45) is 0 Å². The first kappa shape index (κ1) is 15.4. The molecule has 0 unspecified atom stereocenters. The van der Waals surface area contributed by atoms with Crippen LogP contribution in [-0.2, 0) is 13.0 Å². The number of aryl methyl sites for hydroxylation is 2. The second-order valence-corrected chi connectivity index (χ2v) is 6.21. The topological polar surface area (TPSA) is 17.8 Å². The van der Waals surface area contributed by atoms with Crippen LogP contribution in [0, 0.1) is 0 Å². The zero-order chi connectivity index (χ0) is 14.5. The molecule has 0 atom stereocenters. The highest BCUT2D eigenvalue weighted by Gasteiger charge is 2.11. The summed E-state index contributed by atoms with van der Waals surface area (Å²) in [6, 6.07) is 6.74. The Kier molecular flexibility index (Phi) is 5.53. The second-order valence-electron chi connectivity index (χ2n) is 5.76. The van der Waals surface area contributed by atoms with Gasteiger partial charge in [0.25, 0.3) is 0 Å². The van der Waals surface area contributed by atoms with E-state index in [9.17, 15) is 0 Å². The number of thiol groups is 1. The number of imidazole rings is 1. The van der Waals surface area contributed by atoms with E-state index in [0.29, 0.717) is 5.92 Å². The quantitative estimate of drug-likeness (QED) is 0.571. The summed E-state index contributed by atoms with van der Waals surface area (Å²) in [6.07, 6.45) is 4.71. The molecular formula is C17H26N2S. The van der Waals surface area contributed by atoms with Gasteiger partial charge in [-0.15, -0.1) is 0 Å². The van der Waals surface area contributed by atoms with Crippen molar-refractivity contribution in [3.05, 3.63) is 29.6 Å². The summed E-state index contributed by atoms with van der Waals surface area (Å²) in [7, 11) is 0. The lowest BCUT2D eigenvalue weighted by atomic mass is 10.0. The first-order valence-corrected chi connectivity index (χ1v) is 8.40. The van der Waals surface area contributed by atoms with Crippen LogP contribution in [0.5, 0.6) is 0 Å². The average Bonchev–Trinajstić information content (AvgIpc) is 2.76. The van der Waals surface area contributed by atoms with Gasteiger partial charge in [0.2, 0.25) is 0 Å². The molecule has 0 aliphatic rings. The molecule has 0 spiro atoms. The van der Waals surface area contributed by atoms with Crippen molar-refractivity contribution in [2.75, 3.05) is 5.75 Å². The van der Waals surface area contributed by atoms with E-state index in [4.69, 9.17) is 4.98 Å². The fraction of sp³-hybridized carbons (Fsp3) is 0.588. The Morgan fingerprint density at radius 2 is 2.05 bits per heavy atom. The molecule has 1 heterocycles. The van der Waals surface area contributed by atoms with E-state index in [1.54, 1.807) is 0 Å². The van der Waals surface area contributed by atoms with Crippen molar-refractivity contribution in [3.63, 3.8) is 0 Å². The maximum atomic E-state index is 4.84. The number of fused-ring (bicyclic) bond motifs is 1. The van der Waals surface area contributed by atoms with Gasteiger partial charge in [-0.3, -0.25) is 0 Å². The van der Waals surface area contributed by atoms with Crippen molar-refractivity contribution in [3.8, 4) is 0 Å². The number of aromatic nitrogens is 2. The van der Waals surface area contributed by atoms with Gasteiger partial charge in [0, 0.05) is 13.0 Å². The number of unbranched alkanes of at least 4 members (excludes halogenated alkanes) is 2. The summed E-state index contributed by atoms with van der Waals surface area (Å²) in [5, 5.41) is 0. The highest BCUT2D eigenvalue weighted by molar-refractivity contribution is 7.80. The molecule has 3 heteroatoms. The molecule has 20 heavy (non-hydrogen) atoms. The number of nitrogens with zero attached hydrogens (tertiary/aromatic N) is 2. The van der Waals surface area contributed by atoms with Crippen LogP contribution in [0.3, 0.4) is 0 Å². The van der Waals surface area contributed by atoms with Gasteiger partial charge in [-0.25, -0.2) is 4.98 Å². The third-order valence-corrected chi connectivity index (χ3v) is 4.06. The minimum atomic E-state index is 0.554. The summed E-state index contributed by atoms with van der Waals surface area (Å²) in [4.78, 5) is 4.84. The molecule has 0 aliphatic heterocycles. The van der Waals surface area contributed by atoms with E-state index < -0.39 is 0 Å². The first-order chi connectivity index (χ1) is 9.67. The minimum absolute atomic E-state index is 0.554. The van der Waals surface area contributed by atoms with E-state index in [1.807, 2.05) is 0 Å². The van der Waals surface area contributed by atoms with Crippen LogP contribution in [0.1, 0.15) is 57.3 Å². The van der Waals surface area contributed by atoms with Crippen molar-refractivity contribution in [1.29, 1.82) is 0 Å². The molecule has 1 aromatic heterocycles. The fourth-order valence-corrected chi connectivity index (χ4v) is 2.82. The Bertz CT molecular complexity index is 557. The Labute approximate surface area is 128 Å². The molecule has 110 valence electrons. The second kappa shape index (κ2) is 7.16. The van der Waals surface area contributed by atoms with Gasteiger partial charge in [0.05, 0.1) is 11.0 Å². The van der Waals surface area contributed by atoms with Crippen molar-refractivity contribution >= 4 is 23.7 Å². The van der Waals surface area contributed by atoms with Crippen LogP contribution in [0.25, 0.3) is 11.0 Å². The Hall–Kier alpha value is -0.960. The molecule has 2 rings (SSSR count). The highest BCUT2D eigenvalue weighted by atomic mass is 32.1. The van der Waals surface area contributed by atoms with Crippen LogP contribution in [-0.4, -0.2) is 15.3 Å². The lowest BCUT2D eigenvalue weighted by Crippen LogP contribution is -2.05. The molecular weight excluding hydrogens is 264 g/mol. The molecule has 1 aromatic carbocycles. The van der Waals surface area contributed by atoms with Crippen LogP contribution in [0.2, 0.25) is 0 Å². The normalized spacial score (nSPS) is 11.7. The van der Waals surface area contributed by atoms with E-state index in [2.05, 4.69) is 56.2 Å². The zero-order valence-electron chi connectivity index (χ0n) is 12.9. The van der Waals surface area contributed by atoms with E-state index >= 15 is 0 Å². The third kappa shape index (κ3) is 3.38. The molecule has 2 aromatic rings. The lowest BCUT2D eigenvalue weighted by Gasteiger charge is -2.09. The number of rotatable bonds is 7. The summed E-state index contributed by atoms with van der Waals surface area (Å²) in [5.74, 6) is 2.60. The molecule has 0 saturated carbocycles. The van der Waals surface area contributed by atoms with Crippen molar-refractivity contribution in [1.82, 2.24) is 9.55 Å². The van der Waals surface area contributed by atoms with Crippen LogP contribution in [0.15, 0.2) is 18.2 Å². The van der Waals surface area contributed by atoms with Gasteiger partial charge < -0.3 is 4.57 Å². The van der Waals surface area contributed by atoms with Gasteiger partial charge in [-0.05, 0) is 35.8 Å². The molecule has 0 fully saturated rings. The Balaban J connectivity index is 2.38. The number of hydrogen-bond donors (Lipinski definition) is 1. The van der Waals surface area contributed by atoms with Crippen molar-refractivity contribution < 1.29 is 0 Å². The maximum Gasteiger partial charge on any atom is 0.110 e. The van der Waals surface area contributed by atoms with Crippen LogP contribution in [0.4, 0.5) is 0 Å². The van der Waals surface area contributed by atoms with Gasteiger partial charge in [0.15, 0.2) is 0 Å². The van der Waals surface area contributed by atoms with E-state index in [0.717, 1.165) is 24.2 Å². The monoisotopic (exact) mass is 290 g/mol. The maximum absolute atomic E-state index is 4.84. The summed E-state index contributed by atoms with van der Waals surface area (Å²) >= 11 is 4.37. The summed E-state index contributed by atoms with van der Waals surface area (Å²) < 4.78 is 2.39. The average molecular weight is 290 g/mol. The molecule has 0 radical (unpaired) electrons. The molecule has 0 saturated heterocycles. The van der Waals surface area contributed by atoms with Gasteiger partial charge in [-0.1, -0.05) is 39.7 Å². The largest absolute Gasteiger partial charge is 0.328 e. The third-order valence-electron chi connectivity index (χ3n) is 3.84. The molecule has 2 nitrogen and oxygen atoms in total. The molecule has 0 bridgehead atoms. The predicted molar refractivity (Wildman–Crippen MR) is 90.9 cm³/mol. The van der Waals surface area contributed by atoms with Gasteiger partial charge in [0.1, 0.15) is 5.82 Å². The molecule has 0 amide bonds. The SMILES string of the molecule is CCCCCn1c(CCS)nc2cc(C(C)C)ccc21. The zero-order valence-corrected chi connectivity index (χ0v) is 13.8. The first-order valence-electron chi connectivity index (χ1n) is 7.77. The van der Waals surface area contributed by atoms with Crippen molar-refractivity contribution in [2.45, 2.75) is 58.9 Å². The standard InChI is InChI=1S/C17H26N2S/c1-4-5-6-10-19-16-8-7-14(13(2)3)12-15(16)18-17(19)9-11-20/h7-8,12-13,20H,4-6,9-11H2,1-3H3. The highest BCUT2D eigenvalue weighted by Crippen LogP contribution is 2.23. The molecule has 0 N–H and O–H groups in total. The predicted octanol–water partition coefficient (Wildman–Crippen LogP) is 4.82. The van der Waals surface area contributed by atoms with E-state index in [1.165, 1.54) is 36.2 Å². The smallest absolute Gasteiger partial charge is 0.110 e. The fourth-order valence-electron chi connectivity index (χ4n) is 2.62. The molecule has 0 aliphatic carbocycles. The Morgan fingerprint density at radius 1 is 1.25 bits per heavy atom. The van der Waals surface area contributed by atoms with Crippen LogP contribution < -0.4 is 0 Å². The Morgan fingerprint density at radius 3 is 2.70 bits per heavy atom. The minimum Gasteiger partial charge on any atom is -0.328 e. The lowest BCUT2D eigenvalue weighted by molar-refractivity contribution is 0.594. The number of benzene rings is 1. The van der Waals surface area contributed by atoms with Gasteiger partial charge in [-0.2, -0.15) is 12.6 Å². The summed E-state index contributed by atoms with van der Waals surface area (Å²) in [5.41, 5.74) is 3.79.